The zero-order chi connectivity index (χ0) is 15.2. The summed E-state index contributed by atoms with van der Waals surface area (Å²) in [6.45, 7) is 4.47. The highest BCUT2D eigenvalue weighted by atomic mass is 19.4. The summed E-state index contributed by atoms with van der Waals surface area (Å²) < 4.78 is 40.0. The number of carbonyl (C=O) groups excluding carboxylic acids is 1. The van der Waals surface area contributed by atoms with E-state index in [9.17, 15) is 18.0 Å². The van der Waals surface area contributed by atoms with Gasteiger partial charge in [-0.05, 0) is 18.1 Å². The van der Waals surface area contributed by atoms with E-state index in [1.807, 2.05) is 13.8 Å². The van der Waals surface area contributed by atoms with Gasteiger partial charge in [-0.15, -0.1) is 13.2 Å². The monoisotopic (exact) mass is 290 g/mol. The molecule has 1 rings (SSSR count). The lowest BCUT2D eigenvalue weighted by Crippen LogP contribution is -2.32. The molecular weight excluding hydrogens is 273 g/mol. The minimum atomic E-state index is -4.73. The Morgan fingerprint density at radius 3 is 2.65 bits per heavy atom. The van der Waals surface area contributed by atoms with Crippen LogP contribution in [0.3, 0.4) is 0 Å². The Labute approximate surface area is 115 Å². The molecule has 0 aliphatic carbocycles. The SMILES string of the molecule is CC(C)CNC(=O)CNc1cccc(OC(F)(F)F)c1. The van der Waals surface area contributed by atoms with Crippen molar-refractivity contribution in [2.24, 2.45) is 5.92 Å². The Morgan fingerprint density at radius 2 is 2.05 bits per heavy atom. The lowest BCUT2D eigenvalue weighted by molar-refractivity contribution is -0.274. The van der Waals surface area contributed by atoms with Crippen molar-refractivity contribution in [2.75, 3.05) is 18.4 Å². The molecule has 112 valence electrons. The van der Waals surface area contributed by atoms with E-state index in [1.165, 1.54) is 18.2 Å². The van der Waals surface area contributed by atoms with E-state index in [2.05, 4.69) is 15.4 Å². The van der Waals surface area contributed by atoms with Gasteiger partial charge in [0, 0.05) is 18.3 Å². The number of hydrogen-bond donors (Lipinski definition) is 2. The largest absolute Gasteiger partial charge is 0.573 e. The highest BCUT2D eigenvalue weighted by molar-refractivity contribution is 5.80. The highest BCUT2D eigenvalue weighted by Gasteiger charge is 2.31. The van der Waals surface area contributed by atoms with Crippen LogP contribution in [0.2, 0.25) is 0 Å². The summed E-state index contributed by atoms with van der Waals surface area (Å²) >= 11 is 0. The van der Waals surface area contributed by atoms with Crippen LogP contribution < -0.4 is 15.4 Å². The number of nitrogens with one attached hydrogen (secondary N) is 2. The molecule has 0 aliphatic heterocycles. The van der Waals surface area contributed by atoms with Crippen LogP contribution in [0.1, 0.15) is 13.8 Å². The fourth-order valence-electron chi connectivity index (χ4n) is 1.37. The van der Waals surface area contributed by atoms with Gasteiger partial charge in [0.25, 0.3) is 0 Å². The molecule has 0 aliphatic rings. The average molecular weight is 290 g/mol. The molecule has 0 atom stereocenters. The summed E-state index contributed by atoms with van der Waals surface area (Å²) in [7, 11) is 0. The number of amides is 1. The van der Waals surface area contributed by atoms with Crippen LogP contribution in [0.25, 0.3) is 0 Å². The Kier molecular flexibility index (Phi) is 5.66. The molecule has 0 unspecified atom stereocenters. The molecule has 20 heavy (non-hydrogen) atoms. The predicted molar refractivity (Wildman–Crippen MR) is 69.5 cm³/mol. The van der Waals surface area contributed by atoms with Gasteiger partial charge >= 0.3 is 6.36 Å². The molecule has 1 aromatic rings. The standard InChI is InChI=1S/C13H17F3N2O2/c1-9(2)7-18-12(19)8-17-10-4-3-5-11(6-10)20-13(14,15)16/h3-6,9,17H,7-8H2,1-2H3,(H,18,19). The summed E-state index contributed by atoms with van der Waals surface area (Å²) in [4.78, 5) is 11.4. The quantitative estimate of drug-likeness (QED) is 0.847. The second kappa shape index (κ2) is 7.02. The Bertz CT molecular complexity index is 447. The molecule has 1 aromatic carbocycles. The maximum Gasteiger partial charge on any atom is 0.573 e. The normalized spacial score (nSPS) is 11.3. The van der Waals surface area contributed by atoms with Crippen molar-refractivity contribution >= 4 is 11.6 Å². The van der Waals surface area contributed by atoms with Gasteiger partial charge in [-0.3, -0.25) is 4.79 Å². The van der Waals surface area contributed by atoms with Crippen LogP contribution in [0.15, 0.2) is 24.3 Å². The van der Waals surface area contributed by atoms with Crippen LogP contribution in [0, 0.1) is 5.92 Å². The van der Waals surface area contributed by atoms with Gasteiger partial charge in [0.2, 0.25) is 5.91 Å². The van der Waals surface area contributed by atoms with E-state index >= 15 is 0 Å². The third-order valence-electron chi connectivity index (χ3n) is 2.23. The van der Waals surface area contributed by atoms with Crippen LogP contribution >= 0.6 is 0 Å². The molecule has 0 saturated heterocycles. The zero-order valence-corrected chi connectivity index (χ0v) is 11.3. The average Bonchev–Trinajstić information content (AvgIpc) is 2.32. The molecule has 0 saturated carbocycles. The van der Waals surface area contributed by atoms with Crippen LogP contribution in [-0.4, -0.2) is 25.4 Å². The molecule has 0 fully saturated rings. The molecule has 0 heterocycles. The number of hydrogen-bond acceptors (Lipinski definition) is 3. The predicted octanol–water partition coefficient (Wildman–Crippen LogP) is 2.77. The Hall–Kier alpha value is -1.92. The first kappa shape index (κ1) is 16.1. The second-order valence-corrected chi connectivity index (χ2v) is 4.63. The van der Waals surface area contributed by atoms with E-state index in [0.717, 1.165) is 0 Å². The van der Waals surface area contributed by atoms with Crippen molar-refractivity contribution in [2.45, 2.75) is 20.2 Å². The molecule has 4 nitrogen and oxygen atoms in total. The van der Waals surface area contributed by atoms with Crippen molar-refractivity contribution < 1.29 is 22.7 Å². The fourth-order valence-corrected chi connectivity index (χ4v) is 1.37. The molecule has 0 spiro atoms. The highest BCUT2D eigenvalue weighted by Crippen LogP contribution is 2.24. The van der Waals surface area contributed by atoms with Gasteiger partial charge in [-0.1, -0.05) is 19.9 Å². The van der Waals surface area contributed by atoms with Gasteiger partial charge in [0.1, 0.15) is 5.75 Å². The number of alkyl halides is 3. The third kappa shape index (κ3) is 6.86. The van der Waals surface area contributed by atoms with Crippen LogP contribution in [0.5, 0.6) is 5.75 Å². The minimum absolute atomic E-state index is 0.0117. The molecule has 7 heteroatoms. The van der Waals surface area contributed by atoms with Gasteiger partial charge in [0.05, 0.1) is 6.54 Å². The first-order chi connectivity index (χ1) is 9.26. The number of anilines is 1. The molecular formula is C13H17F3N2O2. The Balaban J connectivity index is 2.48. The molecule has 0 bridgehead atoms. The summed E-state index contributed by atoms with van der Waals surface area (Å²) in [5.41, 5.74) is 0.381. The van der Waals surface area contributed by atoms with Crippen molar-refractivity contribution in [3.63, 3.8) is 0 Å². The van der Waals surface area contributed by atoms with Gasteiger partial charge < -0.3 is 15.4 Å². The first-order valence-electron chi connectivity index (χ1n) is 6.12. The zero-order valence-electron chi connectivity index (χ0n) is 11.3. The van der Waals surface area contributed by atoms with E-state index in [1.54, 1.807) is 6.07 Å². The third-order valence-corrected chi connectivity index (χ3v) is 2.23. The maximum atomic E-state index is 12.1. The smallest absolute Gasteiger partial charge is 0.406 e. The number of halogens is 3. The summed E-state index contributed by atoms with van der Waals surface area (Å²) in [6.07, 6.45) is -4.73. The van der Waals surface area contributed by atoms with E-state index < -0.39 is 6.36 Å². The molecule has 1 amide bonds. The first-order valence-corrected chi connectivity index (χ1v) is 6.12. The van der Waals surface area contributed by atoms with Crippen molar-refractivity contribution in [1.29, 1.82) is 0 Å². The lowest BCUT2D eigenvalue weighted by atomic mass is 10.2. The molecule has 0 aromatic heterocycles. The summed E-state index contributed by atoms with van der Waals surface area (Å²) in [5, 5.41) is 5.43. The van der Waals surface area contributed by atoms with E-state index in [-0.39, 0.29) is 18.2 Å². The maximum absolute atomic E-state index is 12.1. The van der Waals surface area contributed by atoms with Crippen LogP contribution in [0.4, 0.5) is 18.9 Å². The van der Waals surface area contributed by atoms with Crippen molar-refractivity contribution in [3.8, 4) is 5.75 Å². The van der Waals surface area contributed by atoms with Crippen molar-refractivity contribution in [1.82, 2.24) is 5.32 Å². The van der Waals surface area contributed by atoms with E-state index in [0.29, 0.717) is 18.2 Å². The fraction of sp³-hybridized carbons (Fsp3) is 0.462. The topological polar surface area (TPSA) is 50.4 Å². The number of rotatable bonds is 6. The van der Waals surface area contributed by atoms with Crippen molar-refractivity contribution in [3.05, 3.63) is 24.3 Å². The summed E-state index contributed by atoms with van der Waals surface area (Å²) in [5.74, 6) is -0.214. The van der Waals surface area contributed by atoms with Gasteiger partial charge in [0.15, 0.2) is 0 Å². The summed E-state index contributed by atoms with van der Waals surface area (Å²) in [6, 6.07) is 5.34. The number of ether oxygens (including phenoxy) is 1. The van der Waals surface area contributed by atoms with Gasteiger partial charge in [-0.2, -0.15) is 0 Å². The van der Waals surface area contributed by atoms with E-state index in [4.69, 9.17) is 0 Å². The molecule has 0 radical (unpaired) electrons. The number of benzene rings is 1. The Morgan fingerprint density at radius 1 is 1.35 bits per heavy atom. The lowest BCUT2D eigenvalue weighted by Gasteiger charge is -2.12. The molecule has 2 N–H and O–H groups in total. The van der Waals surface area contributed by atoms with Gasteiger partial charge in [-0.25, -0.2) is 0 Å². The van der Waals surface area contributed by atoms with Crippen LogP contribution in [-0.2, 0) is 4.79 Å². The second-order valence-electron chi connectivity index (χ2n) is 4.63. The number of carbonyl (C=O) groups is 1. The minimum Gasteiger partial charge on any atom is -0.406 e.